The molecule has 1 aromatic heterocycles. The third-order valence-electron chi connectivity index (χ3n) is 5.74. The number of ether oxygens (including phenoxy) is 2. The van der Waals surface area contributed by atoms with E-state index >= 15 is 0 Å². The molecule has 8 nitrogen and oxygen atoms in total. The number of amides is 1. The van der Waals surface area contributed by atoms with Gasteiger partial charge in [-0.05, 0) is 44.0 Å². The number of rotatable bonds is 4. The fourth-order valence-electron chi connectivity index (χ4n) is 4.03. The molecule has 10 heteroatoms. The van der Waals surface area contributed by atoms with Gasteiger partial charge in [0, 0.05) is 30.3 Å². The van der Waals surface area contributed by atoms with E-state index in [2.05, 4.69) is 10.3 Å². The Morgan fingerprint density at radius 2 is 1.84 bits per heavy atom. The highest BCUT2D eigenvalue weighted by Crippen LogP contribution is 2.38. The van der Waals surface area contributed by atoms with Crippen molar-refractivity contribution < 1.29 is 22.7 Å². The first-order valence-electron chi connectivity index (χ1n) is 10.6. The summed E-state index contributed by atoms with van der Waals surface area (Å²) in [5, 5.41) is 3.24. The minimum absolute atomic E-state index is 0.0165. The molecular weight excluding hydrogens is 450 g/mol. The van der Waals surface area contributed by atoms with Crippen LogP contribution in [0.15, 0.2) is 41.3 Å². The molecule has 0 saturated carbocycles. The molecule has 0 spiro atoms. The number of thiazole rings is 1. The number of nitrogens with zero attached hydrogens (tertiary/aromatic N) is 2. The zero-order valence-electron chi connectivity index (χ0n) is 17.5. The average Bonchev–Trinajstić information content (AvgIpc) is 3.18. The summed E-state index contributed by atoms with van der Waals surface area (Å²) in [4.78, 5) is 17.4. The normalized spacial score (nSPS) is 19.1. The van der Waals surface area contributed by atoms with Gasteiger partial charge in [0.1, 0.15) is 13.2 Å². The first-order valence-corrected chi connectivity index (χ1v) is 12.8. The van der Waals surface area contributed by atoms with Crippen LogP contribution in [-0.2, 0) is 10.0 Å². The second-order valence-corrected chi connectivity index (χ2v) is 10.8. The van der Waals surface area contributed by atoms with Gasteiger partial charge in [-0.25, -0.2) is 13.4 Å². The SMILES string of the molecule is CC1CCCCN1S(=O)(=O)c1ccc(C(=O)Nc2nc3cc4c(cc3s2)OCCO4)cc1. The predicted octanol–water partition coefficient (Wildman–Crippen LogP) is 3.88. The van der Waals surface area contributed by atoms with Crippen molar-refractivity contribution in [2.75, 3.05) is 25.1 Å². The summed E-state index contributed by atoms with van der Waals surface area (Å²) in [6.07, 6.45) is 2.78. The van der Waals surface area contributed by atoms with Crippen LogP contribution in [0.5, 0.6) is 11.5 Å². The molecule has 2 aromatic carbocycles. The second kappa shape index (κ2) is 8.34. The highest BCUT2D eigenvalue weighted by Gasteiger charge is 2.31. The van der Waals surface area contributed by atoms with Crippen molar-refractivity contribution >= 4 is 42.6 Å². The number of sulfonamides is 1. The van der Waals surface area contributed by atoms with E-state index in [0.717, 1.165) is 24.0 Å². The van der Waals surface area contributed by atoms with Gasteiger partial charge in [0.2, 0.25) is 10.0 Å². The molecule has 2 aliphatic heterocycles. The predicted molar refractivity (Wildman–Crippen MR) is 122 cm³/mol. The van der Waals surface area contributed by atoms with Crippen LogP contribution in [0.3, 0.4) is 0 Å². The summed E-state index contributed by atoms with van der Waals surface area (Å²) in [5.41, 5.74) is 1.08. The Hall–Kier alpha value is -2.69. The standard InChI is InChI=1S/C22H23N3O5S2/c1-14-4-2-3-9-25(14)32(27,28)16-7-5-15(6-8-16)21(26)24-22-23-17-12-18-19(13-20(17)31-22)30-11-10-29-18/h5-8,12-14H,2-4,9-11H2,1H3,(H,23,24,26). The van der Waals surface area contributed by atoms with E-state index in [9.17, 15) is 13.2 Å². The van der Waals surface area contributed by atoms with Crippen LogP contribution < -0.4 is 14.8 Å². The Labute approximate surface area is 190 Å². The van der Waals surface area contributed by atoms with Crippen LogP contribution in [0.25, 0.3) is 10.2 Å². The molecule has 1 N–H and O–H groups in total. The van der Waals surface area contributed by atoms with Crippen molar-refractivity contribution in [1.29, 1.82) is 0 Å². The zero-order valence-corrected chi connectivity index (χ0v) is 19.2. The van der Waals surface area contributed by atoms with E-state index in [0.29, 0.717) is 47.5 Å². The minimum atomic E-state index is -3.57. The smallest absolute Gasteiger partial charge is 0.257 e. The van der Waals surface area contributed by atoms with Crippen molar-refractivity contribution in [3.8, 4) is 11.5 Å². The Kier molecular flexibility index (Phi) is 5.52. The van der Waals surface area contributed by atoms with Gasteiger partial charge in [0.25, 0.3) is 5.91 Å². The molecule has 3 aromatic rings. The van der Waals surface area contributed by atoms with Crippen LogP contribution in [0.2, 0.25) is 0 Å². The summed E-state index contributed by atoms with van der Waals surface area (Å²) >= 11 is 1.34. The van der Waals surface area contributed by atoms with Crippen molar-refractivity contribution in [1.82, 2.24) is 9.29 Å². The van der Waals surface area contributed by atoms with Crippen molar-refractivity contribution in [2.24, 2.45) is 0 Å². The lowest BCUT2D eigenvalue weighted by molar-refractivity contribution is 0.102. The molecule has 0 radical (unpaired) electrons. The van der Waals surface area contributed by atoms with Gasteiger partial charge in [0.15, 0.2) is 16.6 Å². The van der Waals surface area contributed by atoms with Crippen molar-refractivity contribution in [3.63, 3.8) is 0 Å². The molecular formula is C22H23N3O5S2. The first kappa shape index (κ1) is 21.2. The minimum Gasteiger partial charge on any atom is -0.486 e. The third-order valence-corrected chi connectivity index (χ3v) is 8.70. The lowest BCUT2D eigenvalue weighted by atomic mass is 10.1. The van der Waals surface area contributed by atoms with E-state index in [1.54, 1.807) is 10.4 Å². The van der Waals surface area contributed by atoms with Crippen LogP contribution in [0, 0.1) is 0 Å². The van der Waals surface area contributed by atoms with Gasteiger partial charge in [-0.15, -0.1) is 0 Å². The van der Waals surface area contributed by atoms with Gasteiger partial charge in [-0.1, -0.05) is 17.8 Å². The molecule has 32 heavy (non-hydrogen) atoms. The Morgan fingerprint density at radius 3 is 2.56 bits per heavy atom. The Bertz CT molecular complexity index is 1230. The lowest BCUT2D eigenvalue weighted by Gasteiger charge is -2.32. The van der Waals surface area contributed by atoms with E-state index in [1.807, 2.05) is 13.0 Å². The molecule has 0 aliphatic carbocycles. The molecule has 5 rings (SSSR count). The fraction of sp³-hybridized carbons (Fsp3) is 0.364. The summed E-state index contributed by atoms with van der Waals surface area (Å²) in [6, 6.07) is 9.70. The maximum atomic E-state index is 13.0. The van der Waals surface area contributed by atoms with Crippen LogP contribution in [-0.4, -0.2) is 49.4 Å². The molecule has 1 unspecified atom stereocenters. The number of fused-ring (bicyclic) bond motifs is 2. The van der Waals surface area contributed by atoms with Crippen molar-refractivity contribution in [2.45, 2.75) is 37.1 Å². The van der Waals surface area contributed by atoms with E-state index in [4.69, 9.17) is 9.47 Å². The van der Waals surface area contributed by atoms with E-state index < -0.39 is 10.0 Å². The Morgan fingerprint density at radius 1 is 1.12 bits per heavy atom. The number of hydrogen-bond acceptors (Lipinski definition) is 7. The summed E-state index contributed by atoms with van der Waals surface area (Å²) in [6.45, 7) is 3.46. The van der Waals surface area contributed by atoms with Crippen LogP contribution >= 0.6 is 11.3 Å². The number of hydrogen-bond donors (Lipinski definition) is 1. The third kappa shape index (κ3) is 3.94. The summed E-state index contributed by atoms with van der Waals surface area (Å²) in [7, 11) is -3.57. The van der Waals surface area contributed by atoms with Crippen molar-refractivity contribution in [3.05, 3.63) is 42.0 Å². The molecule has 2 aliphatic rings. The molecule has 168 valence electrons. The molecule has 1 saturated heterocycles. The van der Waals surface area contributed by atoms with E-state index in [-0.39, 0.29) is 16.8 Å². The number of carbonyl (C=O) groups is 1. The Balaban J connectivity index is 1.33. The molecule has 1 fully saturated rings. The van der Waals surface area contributed by atoms with Crippen LogP contribution in [0.4, 0.5) is 5.13 Å². The number of piperidine rings is 1. The van der Waals surface area contributed by atoms with Gasteiger partial charge >= 0.3 is 0 Å². The second-order valence-electron chi connectivity index (χ2n) is 7.92. The fourth-order valence-corrected chi connectivity index (χ4v) is 6.60. The highest BCUT2D eigenvalue weighted by molar-refractivity contribution is 7.89. The van der Waals surface area contributed by atoms with Gasteiger partial charge in [-0.3, -0.25) is 10.1 Å². The van der Waals surface area contributed by atoms with Gasteiger partial charge in [-0.2, -0.15) is 4.31 Å². The molecule has 3 heterocycles. The number of anilines is 1. The maximum Gasteiger partial charge on any atom is 0.257 e. The maximum absolute atomic E-state index is 13.0. The number of aromatic nitrogens is 1. The largest absolute Gasteiger partial charge is 0.486 e. The summed E-state index contributed by atoms with van der Waals surface area (Å²) in [5.74, 6) is 0.966. The highest BCUT2D eigenvalue weighted by atomic mass is 32.2. The quantitative estimate of drug-likeness (QED) is 0.618. The van der Waals surface area contributed by atoms with Gasteiger partial charge < -0.3 is 9.47 Å². The summed E-state index contributed by atoms with van der Waals surface area (Å²) < 4.78 is 39.6. The topological polar surface area (TPSA) is 97.8 Å². The monoisotopic (exact) mass is 473 g/mol. The number of carbonyl (C=O) groups excluding carboxylic acids is 1. The zero-order chi connectivity index (χ0) is 22.3. The number of benzene rings is 2. The van der Waals surface area contributed by atoms with E-state index in [1.165, 1.54) is 35.6 Å². The molecule has 1 atom stereocenters. The molecule has 1 amide bonds. The van der Waals surface area contributed by atoms with Crippen LogP contribution in [0.1, 0.15) is 36.5 Å². The first-order chi connectivity index (χ1) is 15.4. The van der Waals surface area contributed by atoms with Gasteiger partial charge in [0.05, 0.1) is 15.1 Å². The molecule has 0 bridgehead atoms. The average molecular weight is 474 g/mol. The lowest BCUT2D eigenvalue weighted by Crippen LogP contribution is -2.41. The number of nitrogens with one attached hydrogen (secondary N) is 1.